The molecule has 0 heterocycles. The molecule has 0 aromatic carbocycles. The fraction of sp³-hybridized carbons (Fsp3) is 1.00. The zero-order chi connectivity index (χ0) is 23.1. The van der Waals surface area contributed by atoms with E-state index in [-0.39, 0.29) is 56.0 Å². The van der Waals surface area contributed by atoms with Gasteiger partial charge < -0.3 is 28.2 Å². The number of unbranched alkanes of at least 4 members (excludes halogenated alkanes) is 4. The molecule has 182 valence electrons. The van der Waals surface area contributed by atoms with E-state index in [0.717, 1.165) is 32.1 Å². The molecule has 0 aliphatic heterocycles. The van der Waals surface area contributed by atoms with Crippen molar-refractivity contribution in [3.8, 4) is 0 Å². The van der Waals surface area contributed by atoms with Gasteiger partial charge >= 0.3 is 35.5 Å². The monoisotopic (exact) mass is 480 g/mol. The molecule has 1 unspecified atom stereocenters. The largest absolute Gasteiger partial charge is 1.00 e. The zero-order valence-corrected chi connectivity index (χ0v) is 23.3. The van der Waals surface area contributed by atoms with Crippen LogP contribution in [0.2, 0.25) is 0 Å². The Hall–Kier alpha value is 0.670. The summed E-state index contributed by atoms with van der Waals surface area (Å²) in [6.07, 6.45) is 4.72. The van der Waals surface area contributed by atoms with Gasteiger partial charge in [0.15, 0.2) is 0 Å². The molecule has 31 heavy (non-hydrogen) atoms. The van der Waals surface area contributed by atoms with Crippen LogP contribution >= 0.6 is 0 Å². The Morgan fingerprint density at radius 1 is 0.742 bits per heavy atom. The number of rotatable bonds is 20. The zero-order valence-electron chi connectivity index (χ0n) is 20.4. The van der Waals surface area contributed by atoms with E-state index >= 15 is 0 Å². The fourth-order valence-electron chi connectivity index (χ4n) is 3.41. The number of hydrogen-bond acceptors (Lipinski definition) is 9. The maximum absolute atomic E-state index is 11.7. The summed E-state index contributed by atoms with van der Waals surface area (Å²) in [5.41, 5.74) is 0. The summed E-state index contributed by atoms with van der Waals surface area (Å²) < 4.78 is 69.0. The molecule has 0 amide bonds. The molecule has 0 aliphatic carbocycles. The maximum Gasteiger partial charge on any atom is 1.00 e. The van der Waals surface area contributed by atoms with Gasteiger partial charge in [-0.25, -0.2) is 12.6 Å². The van der Waals surface area contributed by atoms with Gasteiger partial charge in [-0.15, -0.1) is 0 Å². The normalized spacial score (nSPS) is 13.8. The molecule has 0 fully saturated rings. The van der Waals surface area contributed by atoms with Crippen LogP contribution in [0.4, 0.5) is 0 Å². The van der Waals surface area contributed by atoms with Gasteiger partial charge in [0.1, 0.15) is 6.10 Å². The summed E-state index contributed by atoms with van der Waals surface area (Å²) in [6, 6.07) is 0. The molecule has 1 atom stereocenters. The molecule has 0 aromatic heterocycles. The van der Waals surface area contributed by atoms with Crippen LogP contribution in [-0.4, -0.2) is 63.9 Å². The quantitative estimate of drug-likeness (QED) is 0.0818. The average molecular weight is 481 g/mol. The van der Waals surface area contributed by atoms with E-state index in [9.17, 15) is 13.0 Å². The minimum atomic E-state index is -5.24. The molecule has 0 radical (unpaired) electrons. The van der Waals surface area contributed by atoms with Crippen LogP contribution in [0.1, 0.15) is 80.1 Å². The third kappa shape index (κ3) is 11.1. The van der Waals surface area contributed by atoms with E-state index < -0.39 is 28.3 Å². The maximum atomic E-state index is 11.7. The Balaban J connectivity index is 0. The van der Waals surface area contributed by atoms with E-state index in [1.54, 1.807) is 34.6 Å². The minimum Gasteiger partial charge on any atom is -0.725 e. The predicted molar refractivity (Wildman–Crippen MR) is 112 cm³/mol. The van der Waals surface area contributed by atoms with E-state index in [4.69, 9.17) is 27.9 Å². The van der Waals surface area contributed by atoms with Crippen molar-refractivity contribution >= 4 is 10.4 Å². The van der Waals surface area contributed by atoms with Crippen LogP contribution in [0.5, 0.6) is 0 Å². The minimum absolute atomic E-state index is 0. The van der Waals surface area contributed by atoms with Gasteiger partial charge in [0.05, 0.1) is 0 Å². The number of ether oxygens (including phenoxy) is 5. The molecule has 0 rings (SSSR count). The predicted octanol–water partition coefficient (Wildman–Crippen LogP) is 0.729. The van der Waals surface area contributed by atoms with Crippen molar-refractivity contribution in [2.24, 2.45) is 0 Å². The van der Waals surface area contributed by atoms with Gasteiger partial charge in [-0.1, -0.05) is 39.0 Å². The van der Waals surface area contributed by atoms with E-state index in [0.29, 0.717) is 13.0 Å². The first-order valence-electron chi connectivity index (χ1n) is 11.1. The molecule has 0 bridgehead atoms. The Morgan fingerprint density at radius 3 is 1.61 bits per heavy atom. The second-order valence-corrected chi connectivity index (χ2v) is 7.58. The van der Waals surface area contributed by atoms with Crippen LogP contribution in [0.25, 0.3) is 0 Å². The Bertz CT molecular complexity index is 519. The van der Waals surface area contributed by atoms with Crippen molar-refractivity contribution < 1.29 is 70.4 Å². The van der Waals surface area contributed by atoms with Crippen molar-refractivity contribution in [1.29, 1.82) is 0 Å². The van der Waals surface area contributed by atoms with Gasteiger partial charge in [-0.05, 0) is 41.0 Å². The summed E-state index contributed by atoms with van der Waals surface area (Å²) in [4.78, 5) is 0. The molecule has 0 saturated heterocycles. The molecule has 0 spiro atoms. The summed E-state index contributed by atoms with van der Waals surface area (Å²) >= 11 is 0. The topological polar surface area (TPSA) is 113 Å². The Kier molecular flexibility index (Phi) is 19.7. The average Bonchev–Trinajstić information content (AvgIpc) is 2.65. The van der Waals surface area contributed by atoms with Crippen molar-refractivity contribution in [2.45, 2.75) is 97.9 Å². The molecule has 0 aromatic rings. The summed E-state index contributed by atoms with van der Waals surface area (Å²) in [5.74, 6) is -4.38. The van der Waals surface area contributed by atoms with Crippen molar-refractivity contribution in [2.75, 3.05) is 33.0 Å². The van der Waals surface area contributed by atoms with E-state index in [2.05, 4.69) is 6.92 Å². The second kappa shape index (κ2) is 18.1. The van der Waals surface area contributed by atoms with Crippen molar-refractivity contribution in [3.63, 3.8) is 0 Å². The third-order valence-corrected chi connectivity index (χ3v) is 4.81. The van der Waals surface area contributed by atoms with Crippen LogP contribution in [-0.2, 0) is 38.3 Å². The Morgan fingerprint density at radius 2 is 1.23 bits per heavy atom. The Labute approximate surface area is 211 Å². The summed E-state index contributed by atoms with van der Waals surface area (Å²) in [6.45, 7) is 11.1. The third-order valence-electron chi connectivity index (χ3n) is 4.39. The van der Waals surface area contributed by atoms with Crippen LogP contribution in [0.3, 0.4) is 0 Å². The van der Waals surface area contributed by atoms with Gasteiger partial charge in [0.25, 0.3) is 5.79 Å². The molecular formula is C20H41NaO9S. The SMILES string of the molecule is CCCCCCCC(OCC)C(OCC)(OCC)C(OCC)(OCC)OS(=O)(=O)[O-].[Na+]. The van der Waals surface area contributed by atoms with Gasteiger partial charge in [0.2, 0.25) is 10.4 Å². The molecule has 0 aliphatic rings. The molecule has 11 heteroatoms. The van der Waals surface area contributed by atoms with E-state index in [1.165, 1.54) is 0 Å². The summed E-state index contributed by atoms with van der Waals surface area (Å²) in [5, 5.41) is 0. The molecule has 0 N–H and O–H groups in total. The molecule has 0 saturated carbocycles. The second-order valence-electron chi connectivity index (χ2n) is 6.59. The van der Waals surface area contributed by atoms with Crippen LogP contribution in [0.15, 0.2) is 0 Å². The van der Waals surface area contributed by atoms with Gasteiger partial charge in [0, 0.05) is 33.0 Å². The standard InChI is InChI=1S/C20H42O9S.Na/c1-7-13-14-15-16-17-18(24-8-2)19(25-9-3,26-10-4)20(27-11-5,28-12-6)29-30(21,22)23;/h18H,7-17H2,1-6H3,(H,21,22,23);/q;+1/p-1. The van der Waals surface area contributed by atoms with Crippen LogP contribution < -0.4 is 29.6 Å². The summed E-state index contributed by atoms with van der Waals surface area (Å²) in [7, 11) is -5.24. The van der Waals surface area contributed by atoms with Crippen molar-refractivity contribution in [1.82, 2.24) is 0 Å². The van der Waals surface area contributed by atoms with Crippen molar-refractivity contribution in [3.05, 3.63) is 0 Å². The smallest absolute Gasteiger partial charge is 0.725 e. The molecular weight excluding hydrogens is 439 g/mol. The number of hydrogen-bond donors (Lipinski definition) is 0. The van der Waals surface area contributed by atoms with Gasteiger partial charge in [-0.2, -0.15) is 0 Å². The first-order chi connectivity index (χ1) is 14.2. The van der Waals surface area contributed by atoms with Crippen LogP contribution in [0, 0.1) is 0 Å². The fourth-order valence-corrected chi connectivity index (χ4v) is 3.89. The molecule has 9 nitrogen and oxygen atoms in total. The first-order valence-corrected chi connectivity index (χ1v) is 12.4. The van der Waals surface area contributed by atoms with E-state index in [1.807, 2.05) is 0 Å². The first kappa shape index (κ1) is 33.8. The van der Waals surface area contributed by atoms with Gasteiger partial charge in [-0.3, -0.25) is 0 Å².